The lowest BCUT2D eigenvalue weighted by Crippen LogP contribution is -2.34. The summed E-state index contributed by atoms with van der Waals surface area (Å²) in [6.45, 7) is 0.183. The van der Waals surface area contributed by atoms with Gasteiger partial charge in [0.2, 0.25) is 0 Å². The molecule has 9 nitrogen and oxygen atoms in total. The number of hydrogen-bond donors (Lipinski definition) is 4. The second kappa shape index (κ2) is 4.38. The molecular formula is C10H13N5O4. The van der Waals surface area contributed by atoms with Gasteiger partial charge in [-0.1, -0.05) is 0 Å². The number of rotatable bonds is 2. The van der Waals surface area contributed by atoms with Crippen molar-refractivity contribution in [3.8, 4) is 0 Å². The first-order valence-corrected chi connectivity index (χ1v) is 5.69. The van der Waals surface area contributed by atoms with Gasteiger partial charge in [0.15, 0.2) is 17.8 Å². The molecular weight excluding hydrogens is 254 g/mol. The molecule has 0 bridgehead atoms. The third-order valence-corrected chi connectivity index (χ3v) is 3.14. The summed E-state index contributed by atoms with van der Waals surface area (Å²) in [4.78, 5) is 12.0. The molecule has 0 spiro atoms. The molecule has 2 aromatic rings. The van der Waals surface area contributed by atoms with Crippen LogP contribution >= 0.6 is 0 Å². The van der Waals surface area contributed by atoms with Crippen LogP contribution in [0, 0.1) is 0 Å². The molecule has 1 saturated heterocycles. The first-order valence-electron chi connectivity index (χ1n) is 5.69. The standard InChI is InChI=1S/C10H13N5O4/c11-8-5-9(13-2-12-8)15(3-14-5)1-4-6(16)7(17)10(18)19-4/h2-4,6-7,10,16-18H,1H2,(H2,11,12,13)/t4-,6-,7-,10-/m1/s1. The Morgan fingerprint density at radius 2 is 2.00 bits per heavy atom. The van der Waals surface area contributed by atoms with Crippen LogP contribution in [0.1, 0.15) is 0 Å². The molecule has 9 heteroatoms. The molecule has 1 fully saturated rings. The van der Waals surface area contributed by atoms with Crippen molar-refractivity contribution in [3.05, 3.63) is 12.7 Å². The second-order valence-corrected chi connectivity index (χ2v) is 4.37. The Hall–Kier alpha value is -1.81. The fraction of sp³-hybridized carbons (Fsp3) is 0.500. The highest BCUT2D eigenvalue weighted by Crippen LogP contribution is 2.22. The Labute approximate surface area is 107 Å². The monoisotopic (exact) mass is 267 g/mol. The molecule has 19 heavy (non-hydrogen) atoms. The quantitative estimate of drug-likeness (QED) is 0.482. The number of nitrogen functional groups attached to an aromatic ring is 1. The van der Waals surface area contributed by atoms with Crippen molar-refractivity contribution >= 4 is 17.0 Å². The molecule has 2 aromatic heterocycles. The number of fused-ring (bicyclic) bond motifs is 1. The van der Waals surface area contributed by atoms with E-state index in [4.69, 9.17) is 10.5 Å². The molecule has 0 aliphatic carbocycles. The zero-order chi connectivity index (χ0) is 13.6. The highest BCUT2D eigenvalue weighted by molar-refractivity contribution is 5.81. The fourth-order valence-corrected chi connectivity index (χ4v) is 2.11. The van der Waals surface area contributed by atoms with Gasteiger partial charge in [0.05, 0.1) is 12.9 Å². The molecule has 0 saturated carbocycles. The number of nitrogens with two attached hydrogens (primary N) is 1. The lowest BCUT2D eigenvalue weighted by Gasteiger charge is -2.14. The Kier molecular flexibility index (Phi) is 2.82. The lowest BCUT2D eigenvalue weighted by molar-refractivity contribution is -0.128. The third kappa shape index (κ3) is 1.92. The molecule has 0 amide bonds. The fourth-order valence-electron chi connectivity index (χ4n) is 2.11. The molecule has 102 valence electrons. The van der Waals surface area contributed by atoms with Gasteiger partial charge in [0.1, 0.15) is 30.2 Å². The maximum absolute atomic E-state index is 9.73. The predicted octanol–water partition coefficient (Wildman–Crippen LogP) is -2.15. The van der Waals surface area contributed by atoms with Crippen LogP contribution in [0.2, 0.25) is 0 Å². The zero-order valence-corrected chi connectivity index (χ0v) is 9.79. The highest BCUT2D eigenvalue weighted by Gasteiger charge is 2.41. The molecule has 3 rings (SSSR count). The summed E-state index contributed by atoms with van der Waals surface area (Å²) in [6.07, 6.45) is -1.84. The zero-order valence-electron chi connectivity index (χ0n) is 9.79. The van der Waals surface area contributed by atoms with Gasteiger partial charge < -0.3 is 30.4 Å². The van der Waals surface area contributed by atoms with E-state index in [1.54, 1.807) is 4.57 Å². The van der Waals surface area contributed by atoms with Gasteiger partial charge >= 0.3 is 0 Å². The Balaban J connectivity index is 1.88. The summed E-state index contributed by atoms with van der Waals surface area (Å²) >= 11 is 0. The Morgan fingerprint density at radius 1 is 1.21 bits per heavy atom. The molecule has 3 heterocycles. The maximum atomic E-state index is 9.73. The predicted molar refractivity (Wildman–Crippen MR) is 62.6 cm³/mol. The van der Waals surface area contributed by atoms with Crippen LogP contribution in [0.15, 0.2) is 12.7 Å². The van der Waals surface area contributed by atoms with Gasteiger partial charge in [-0.2, -0.15) is 0 Å². The molecule has 1 aliphatic rings. The number of imidazole rings is 1. The van der Waals surface area contributed by atoms with Gasteiger partial charge in [-0.05, 0) is 0 Å². The maximum Gasteiger partial charge on any atom is 0.184 e. The minimum Gasteiger partial charge on any atom is -0.387 e. The normalized spacial score (nSPS) is 31.1. The smallest absolute Gasteiger partial charge is 0.184 e. The van der Waals surface area contributed by atoms with E-state index in [9.17, 15) is 15.3 Å². The van der Waals surface area contributed by atoms with E-state index in [1.165, 1.54) is 12.7 Å². The topological polar surface area (TPSA) is 140 Å². The average molecular weight is 267 g/mol. The van der Waals surface area contributed by atoms with E-state index in [1.807, 2.05) is 0 Å². The number of ether oxygens (including phenoxy) is 1. The second-order valence-electron chi connectivity index (χ2n) is 4.37. The minimum atomic E-state index is -1.39. The van der Waals surface area contributed by atoms with E-state index >= 15 is 0 Å². The Bertz CT molecular complexity index is 603. The molecule has 4 atom stereocenters. The van der Waals surface area contributed by atoms with Crippen molar-refractivity contribution in [2.24, 2.45) is 0 Å². The lowest BCUT2D eigenvalue weighted by atomic mass is 10.1. The first kappa shape index (κ1) is 12.2. The van der Waals surface area contributed by atoms with E-state index < -0.39 is 24.6 Å². The first-order chi connectivity index (χ1) is 9.08. The number of aliphatic hydroxyl groups excluding tert-OH is 3. The molecule has 0 radical (unpaired) electrons. The van der Waals surface area contributed by atoms with Crippen molar-refractivity contribution < 1.29 is 20.1 Å². The van der Waals surface area contributed by atoms with Gasteiger partial charge in [-0.3, -0.25) is 0 Å². The number of anilines is 1. The SMILES string of the molecule is Nc1ncnc2c1ncn2C[C@H]1O[C@@H](O)[C@H](O)[C@@H]1O. The molecule has 0 unspecified atom stereocenters. The largest absolute Gasteiger partial charge is 0.387 e. The summed E-state index contributed by atoms with van der Waals surface area (Å²) in [5.41, 5.74) is 6.62. The van der Waals surface area contributed by atoms with Crippen molar-refractivity contribution in [2.45, 2.75) is 31.1 Å². The highest BCUT2D eigenvalue weighted by atomic mass is 16.6. The molecule has 0 aromatic carbocycles. The number of aromatic nitrogens is 4. The Morgan fingerprint density at radius 3 is 2.68 bits per heavy atom. The summed E-state index contributed by atoms with van der Waals surface area (Å²) in [5, 5.41) is 28.5. The van der Waals surface area contributed by atoms with Crippen LogP contribution in [-0.4, -0.2) is 59.4 Å². The van der Waals surface area contributed by atoms with Gasteiger partial charge in [-0.25, -0.2) is 15.0 Å². The van der Waals surface area contributed by atoms with Crippen LogP contribution in [-0.2, 0) is 11.3 Å². The number of aliphatic hydroxyl groups is 3. The summed E-state index contributed by atoms with van der Waals surface area (Å²) < 4.78 is 6.69. The van der Waals surface area contributed by atoms with Crippen molar-refractivity contribution in [1.82, 2.24) is 19.5 Å². The van der Waals surface area contributed by atoms with Crippen molar-refractivity contribution in [3.63, 3.8) is 0 Å². The van der Waals surface area contributed by atoms with E-state index in [2.05, 4.69) is 15.0 Å². The summed E-state index contributed by atoms with van der Waals surface area (Å²) in [7, 11) is 0. The van der Waals surface area contributed by atoms with Crippen molar-refractivity contribution in [1.29, 1.82) is 0 Å². The summed E-state index contributed by atoms with van der Waals surface area (Å²) in [6, 6.07) is 0. The minimum absolute atomic E-state index is 0.183. The summed E-state index contributed by atoms with van der Waals surface area (Å²) in [5.74, 6) is 0.261. The molecule has 5 N–H and O–H groups in total. The van der Waals surface area contributed by atoms with Crippen LogP contribution in [0.4, 0.5) is 5.82 Å². The van der Waals surface area contributed by atoms with Gasteiger partial charge in [0, 0.05) is 0 Å². The average Bonchev–Trinajstić information content (AvgIpc) is 2.90. The van der Waals surface area contributed by atoms with E-state index in [-0.39, 0.29) is 12.4 Å². The number of hydrogen-bond acceptors (Lipinski definition) is 8. The third-order valence-electron chi connectivity index (χ3n) is 3.14. The van der Waals surface area contributed by atoms with E-state index in [0.29, 0.717) is 11.2 Å². The van der Waals surface area contributed by atoms with Crippen LogP contribution in [0.5, 0.6) is 0 Å². The van der Waals surface area contributed by atoms with Crippen LogP contribution in [0.25, 0.3) is 11.2 Å². The number of nitrogens with zero attached hydrogens (tertiary/aromatic N) is 4. The van der Waals surface area contributed by atoms with Gasteiger partial charge in [-0.15, -0.1) is 0 Å². The van der Waals surface area contributed by atoms with Crippen LogP contribution in [0.3, 0.4) is 0 Å². The van der Waals surface area contributed by atoms with E-state index in [0.717, 1.165) is 0 Å². The van der Waals surface area contributed by atoms with Crippen molar-refractivity contribution in [2.75, 3.05) is 5.73 Å². The van der Waals surface area contributed by atoms with Gasteiger partial charge in [0.25, 0.3) is 0 Å². The van der Waals surface area contributed by atoms with Crippen LogP contribution < -0.4 is 5.73 Å². The molecule has 1 aliphatic heterocycles.